The summed E-state index contributed by atoms with van der Waals surface area (Å²) in [6.07, 6.45) is 2.33. The summed E-state index contributed by atoms with van der Waals surface area (Å²) in [7, 11) is 1.65. The third-order valence-electron chi connectivity index (χ3n) is 4.00. The van der Waals surface area contributed by atoms with Gasteiger partial charge in [0.25, 0.3) is 5.91 Å². The van der Waals surface area contributed by atoms with Crippen molar-refractivity contribution in [3.05, 3.63) is 11.1 Å². The number of guanidine groups is 1. The molecule has 0 aromatic carbocycles. The Morgan fingerprint density at radius 3 is 2.80 bits per heavy atom. The Morgan fingerprint density at radius 1 is 1.44 bits per heavy atom. The fourth-order valence-corrected chi connectivity index (χ4v) is 2.78. The van der Waals surface area contributed by atoms with Crippen molar-refractivity contribution in [2.45, 2.75) is 45.5 Å². The zero-order chi connectivity index (χ0) is 18.6. The monoisotopic (exact) mass is 371 g/mol. The van der Waals surface area contributed by atoms with Crippen molar-refractivity contribution in [1.82, 2.24) is 20.4 Å². The molecule has 9 heteroatoms. The van der Waals surface area contributed by atoms with Crippen LogP contribution in [0.5, 0.6) is 0 Å². The number of fused-ring (bicyclic) bond motifs is 1. The molecule has 0 radical (unpaired) electrons. The fourth-order valence-electron chi connectivity index (χ4n) is 2.71. The Labute approximate surface area is 153 Å². The number of imide groups is 1. The number of hydrogen-bond donors (Lipinski definition) is 2. The molecule has 0 aromatic rings. The van der Waals surface area contributed by atoms with E-state index in [2.05, 4.69) is 15.6 Å². The molecule has 2 aliphatic rings. The van der Waals surface area contributed by atoms with Crippen LogP contribution in [0.2, 0.25) is 0 Å². The van der Waals surface area contributed by atoms with Crippen molar-refractivity contribution >= 4 is 29.5 Å². The maximum Gasteiger partial charge on any atom is 0.325 e. The van der Waals surface area contributed by atoms with Crippen molar-refractivity contribution in [3.63, 3.8) is 0 Å². The van der Waals surface area contributed by atoms with Crippen molar-refractivity contribution < 1.29 is 14.3 Å². The van der Waals surface area contributed by atoms with E-state index in [9.17, 15) is 9.59 Å². The van der Waals surface area contributed by atoms with Crippen LogP contribution in [0.3, 0.4) is 0 Å². The van der Waals surface area contributed by atoms with Gasteiger partial charge in [0.2, 0.25) is 0 Å². The molecule has 140 valence electrons. The smallest absolute Gasteiger partial charge is 0.325 e. The molecule has 2 rings (SSSR count). The number of carbonyl (C=O) groups is 2. The van der Waals surface area contributed by atoms with Crippen LogP contribution in [-0.4, -0.2) is 72.8 Å². The summed E-state index contributed by atoms with van der Waals surface area (Å²) >= 11 is 5.94. The zero-order valence-electron chi connectivity index (χ0n) is 15.1. The maximum atomic E-state index is 12.3. The lowest BCUT2D eigenvalue weighted by atomic mass is 10.1. The van der Waals surface area contributed by atoms with Crippen LogP contribution < -0.4 is 10.6 Å². The molecule has 2 aliphatic heterocycles. The average Bonchev–Trinajstić information content (AvgIpc) is 2.89. The molecule has 0 bridgehead atoms. The molecule has 0 aliphatic carbocycles. The number of hydrogen-bond acceptors (Lipinski definition) is 4. The molecule has 2 heterocycles. The first-order valence-electron chi connectivity index (χ1n) is 8.40. The molecular formula is C16H26ClN5O3. The van der Waals surface area contributed by atoms with Gasteiger partial charge < -0.3 is 19.9 Å². The minimum Gasteiger partial charge on any atom is -0.379 e. The first-order valence-corrected chi connectivity index (χ1v) is 8.78. The Hall–Kier alpha value is -1.80. The quantitative estimate of drug-likeness (QED) is 0.654. The average molecular weight is 372 g/mol. The summed E-state index contributed by atoms with van der Waals surface area (Å²) in [6.45, 7) is 7.38. The normalized spacial score (nSPS) is 25.5. The highest BCUT2D eigenvalue weighted by atomic mass is 35.5. The fraction of sp³-hybridized carbons (Fsp3) is 0.688. The van der Waals surface area contributed by atoms with E-state index in [-0.39, 0.29) is 12.0 Å². The molecule has 25 heavy (non-hydrogen) atoms. The molecular weight excluding hydrogens is 346 g/mol. The number of halogens is 1. The van der Waals surface area contributed by atoms with Gasteiger partial charge in [-0.05, 0) is 27.2 Å². The molecule has 2 saturated heterocycles. The molecule has 2 N–H and O–H groups in total. The van der Waals surface area contributed by atoms with Crippen molar-refractivity contribution in [2.75, 3.05) is 26.7 Å². The predicted molar refractivity (Wildman–Crippen MR) is 96.3 cm³/mol. The summed E-state index contributed by atoms with van der Waals surface area (Å²) in [5.74, 6) is 0.250. The number of nitrogens with zero attached hydrogens (tertiary/aromatic N) is 3. The molecule has 0 aromatic heterocycles. The van der Waals surface area contributed by atoms with Crippen LogP contribution in [0.25, 0.3) is 0 Å². The van der Waals surface area contributed by atoms with Gasteiger partial charge in [-0.2, -0.15) is 0 Å². The summed E-state index contributed by atoms with van der Waals surface area (Å²) < 4.78 is 5.51. The highest BCUT2D eigenvalue weighted by Crippen LogP contribution is 2.21. The largest absolute Gasteiger partial charge is 0.379 e. The van der Waals surface area contributed by atoms with Gasteiger partial charge in [0.1, 0.15) is 6.17 Å². The molecule has 0 spiro atoms. The Balaban J connectivity index is 2.11. The van der Waals surface area contributed by atoms with Gasteiger partial charge in [0, 0.05) is 31.8 Å². The number of carbonyl (C=O) groups excluding carboxylic acids is 2. The van der Waals surface area contributed by atoms with Gasteiger partial charge in [0.05, 0.1) is 6.10 Å². The molecule has 8 nitrogen and oxygen atoms in total. The van der Waals surface area contributed by atoms with E-state index >= 15 is 0 Å². The second-order valence-corrected chi connectivity index (χ2v) is 6.96. The molecule has 0 saturated carbocycles. The third kappa shape index (κ3) is 4.85. The van der Waals surface area contributed by atoms with Gasteiger partial charge in [-0.1, -0.05) is 17.7 Å². The van der Waals surface area contributed by atoms with Gasteiger partial charge in [-0.25, -0.2) is 4.79 Å². The molecule has 2 fully saturated rings. The van der Waals surface area contributed by atoms with Crippen LogP contribution in [0.15, 0.2) is 16.1 Å². The highest BCUT2D eigenvalue weighted by Gasteiger charge is 2.49. The maximum absolute atomic E-state index is 12.3. The highest BCUT2D eigenvalue weighted by molar-refractivity contribution is 6.29. The van der Waals surface area contributed by atoms with Gasteiger partial charge in [-0.15, -0.1) is 0 Å². The number of likely N-dealkylation sites (N-methyl/N-ethyl adjacent to an activating group) is 1. The van der Waals surface area contributed by atoms with Gasteiger partial charge >= 0.3 is 6.03 Å². The first-order chi connectivity index (χ1) is 11.8. The summed E-state index contributed by atoms with van der Waals surface area (Å²) in [5, 5.41) is 6.18. The van der Waals surface area contributed by atoms with Crippen molar-refractivity contribution in [1.29, 1.82) is 0 Å². The van der Waals surface area contributed by atoms with E-state index < -0.39 is 18.2 Å². The number of rotatable bonds is 7. The third-order valence-corrected chi connectivity index (χ3v) is 4.16. The van der Waals surface area contributed by atoms with Gasteiger partial charge in [-0.3, -0.25) is 15.1 Å². The number of nitrogens with one attached hydrogen (secondary N) is 2. The van der Waals surface area contributed by atoms with Crippen LogP contribution in [0.4, 0.5) is 4.79 Å². The number of ether oxygens (including phenoxy) is 1. The Kier molecular flexibility index (Phi) is 6.66. The second-order valence-electron chi connectivity index (χ2n) is 6.36. The number of urea groups is 1. The lowest BCUT2D eigenvalue weighted by Crippen LogP contribution is -2.64. The molecule has 2 unspecified atom stereocenters. The molecule has 3 amide bonds. The van der Waals surface area contributed by atoms with Crippen LogP contribution in [0, 0.1) is 0 Å². The summed E-state index contributed by atoms with van der Waals surface area (Å²) in [5.41, 5.74) is 0. The lowest BCUT2D eigenvalue weighted by molar-refractivity contribution is -0.126. The van der Waals surface area contributed by atoms with Crippen molar-refractivity contribution in [2.24, 2.45) is 4.99 Å². The SMILES string of the molecule is C/C(Cl)=C/CN1C(=NCCCOC(C)C)NC2C1C(=O)NC(=O)N2C. The Morgan fingerprint density at radius 2 is 2.16 bits per heavy atom. The second kappa shape index (κ2) is 8.53. The first kappa shape index (κ1) is 19.5. The minimum atomic E-state index is -0.541. The Bertz CT molecular complexity index is 574. The predicted octanol–water partition coefficient (Wildman–Crippen LogP) is 1.08. The van der Waals surface area contributed by atoms with E-state index in [1.54, 1.807) is 14.0 Å². The standard InChI is InChI=1S/C16H26ClN5O3/c1-10(2)25-9-5-7-18-15-19-13-12(22(15)8-6-11(3)17)14(23)20-16(24)21(13)4/h6,10,12-13H,5,7-9H2,1-4H3,(H,18,19)(H,20,23,24)/b11-6-. The summed E-state index contributed by atoms with van der Waals surface area (Å²) in [4.78, 5) is 32.0. The topological polar surface area (TPSA) is 86.3 Å². The van der Waals surface area contributed by atoms with Crippen molar-refractivity contribution in [3.8, 4) is 0 Å². The van der Waals surface area contributed by atoms with E-state index in [1.165, 1.54) is 4.90 Å². The summed E-state index contributed by atoms with van der Waals surface area (Å²) in [6, 6.07) is -0.963. The van der Waals surface area contributed by atoms with E-state index in [4.69, 9.17) is 16.3 Å². The van der Waals surface area contributed by atoms with Crippen LogP contribution in [0.1, 0.15) is 27.2 Å². The van der Waals surface area contributed by atoms with Crippen LogP contribution in [-0.2, 0) is 9.53 Å². The minimum absolute atomic E-state index is 0.191. The van der Waals surface area contributed by atoms with Crippen LogP contribution >= 0.6 is 11.6 Å². The van der Waals surface area contributed by atoms with E-state index in [0.29, 0.717) is 30.7 Å². The lowest BCUT2D eigenvalue weighted by Gasteiger charge is -2.35. The number of amides is 3. The number of aliphatic imine (C=N–C) groups is 1. The van der Waals surface area contributed by atoms with Gasteiger partial charge in [0.15, 0.2) is 12.0 Å². The molecule has 2 atom stereocenters. The number of allylic oxidation sites excluding steroid dienone is 1. The van der Waals surface area contributed by atoms with E-state index in [0.717, 1.165) is 6.42 Å². The zero-order valence-corrected chi connectivity index (χ0v) is 15.8. The van der Waals surface area contributed by atoms with E-state index in [1.807, 2.05) is 24.8 Å².